The van der Waals surface area contributed by atoms with Crippen LogP contribution < -0.4 is 10.2 Å². The van der Waals surface area contributed by atoms with E-state index < -0.39 is 0 Å². The number of hydrogen-bond donors (Lipinski definition) is 2. The summed E-state index contributed by atoms with van der Waals surface area (Å²) in [6, 6.07) is 8.67. The van der Waals surface area contributed by atoms with E-state index >= 15 is 0 Å². The fraction of sp³-hybridized carbons (Fsp3) is 0.450. The van der Waals surface area contributed by atoms with E-state index in [4.69, 9.17) is 9.97 Å². The van der Waals surface area contributed by atoms with Crippen molar-refractivity contribution >= 4 is 45.5 Å². The summed E-state index contributed by atoms with van der Waals surface area (Å²) in [6.45, 7) is 6.78. The Morgan fingerprint density at radius 1 is 1.32 bits per heavy atom. The van der Waals surface area contributed by atoms with Crippen molar-refractivity contribution in [2.24, 2.45) is 5.92 Å². The molecule has 7 nitrogen and oxygen atoms in total. The van der Waals surface area contributed by atoms with Gasteiger partial charge in [-0.15, -0.1) is 0 Å². The molecule has 3 heterocycles. The van der Waals surface area contributed by atoms with Gasteiger partial charge in [0.25, 0.3) is 0 Å². The molecule has 1 aliphatic heterocycles. The Morgan fingerprint density at radius 3 is 2.89 bits per heavy atom. The van der Waals surface area contributed by atoms with E-state index in [2.05, 4.69) is 80.5 Å². The minimum Gasteiger partial charge on any atom is -0.396 e. The van der Waals surface area contributed by atoms with Crippen molar-refractivity contribution in [2.45, 2.75) is 32.9 Å². The first-order chi connectivity index (χ1) is 13.5. The zero-order valence-electron chi connectivity index (χ0n) is 16.1. The van der Waals surface area contributed by atoms with Crippen molar-refractivity contribution in [3.8, 4) is 0 Å². The lowest BCUT2D eigenvalue weighted by atomic mass is 10.1. The molecule has 1 fully saturated rings. The molecule has 0 saturated carbocycles. The van der Waals surface area contributed by atoms with Crippen LogP contribution in [0.4, 0.5) is 11.8 Å². The topological polar surface area (TPSA) is 79.1 Å². The molecule has 28 heavy (non-hydrogen) atoms. The lowest BCUT2D eigenvalue weighted by molar-refractivity contribution is 0.238. The van der Waals surface area contributed by atoms with Crippen LogP contribution in [0.15, 0.2) is 30.6 Å². The summed E-state index contributed by atoms with van der Waals surface area (Å²) in [5, 5.41) is 12.9. The predicted octanol–water partition coefficient (Wildman–Crippen LogP) is 3.44. The van der Waals surface area contributed by atoms with Gasteiger partial charge in [0.15, 0.2) is 17.0 Å². The van der Waals surface area contributed by atoms with Gasteiger partial charge in [0.05, 0.1) is 6.33 Å². The largest absolute Gasteiger partial charge is 0.396 e. The van der Waals surface area contributed by atoms with Crippen LogP contribution in [0.2, 0.25) is 0 Å². The molecule has 0 amide bonds. The minimum atomic E-state index is 0.209. The van der Waals surface area contributed by atoms with E-state index in [1.807, 2.05) is 6.33 Å². The molecule has 1 atom stereocenters. The molecule has 2 aromatic heterocycles. The van der Waals surface area contributed by atoms with Gasteiger partial charge in [-0.25, -0.2) is 4.98 Å². The van der Waals surface area contributed by atoms with E-state index in [1.165, 1.54) is 9.13 Å². The average molecular weight is 492 g/mol. The number of imidazole rings is 1. The number of nitrogens with one attached hydrogen (secondary N) is 1. The first-order valence-electron chi connectivity index (χ1n) is 9.64. The lowest BCUT2D eigenvalue weighted by Crippen LogP contribution is -2.23. The van der Waals surface area contributed by atoms with Gasteiger partial charge in [0.2, 0.25) is 5.95 Å². The molecule has 1 aliphatic rings. The zero-order valence-corrected chi connectivity index (χ0v) is 18.3. The Balaban J connectivity index is 1.69. The average Bonchev–Trinajstić information content (AvgIpc) is 3.33. The van der Waals surface area contributed by atoms with Crippen molar-refractivity contribution in [2.75, 3.05) is 29.9 Å². The highest BCUT2D eigenvalue weighted by molar-refractivity contribution is 14.1. The van der Waals surface area contributed by atoms with E-state index in [0.29, 0.717) is 12.5 Å². The standard InChI is InChI=1S/C20H25IN6O/c1-13(2)27-12-23-17-18(22-9-14-4-3-5-16(21)8-14)24-20(25-19(17)27)26-7-6-15(10-26)11-28/h3-5,8,12-13,15,28H,6-7,9-11H2,1-2H3,(H,22,24,25)/t15-/m1/s1. The van der Waals surface area contributed by atoms with Gasteiger partial charge >= 0.3 is 0 Å². The first kappa shape index (κ1) is 19.4. The van der Waals surface area contributed by atoms with Crippen LogP contribution in [0, 0.1) is 9.49 Å². The Bertz CT molecular complexity index is 972. The fourth-order valence-electron chi connectivity index (χ4n) is 3.54. The molecular weight excluding hydrogens is 467 g/mol. The van der Waals surface area contributed by atoms with Gasteiger partial charge in [0, 0.05) is 41.8 Å². The zero-order chi connectivity index (χ0) is 19.7. The summed E-state index contributed by atoms with van der Waals surface area (Å²) in [4.78, 5) is 16.4. The maximum absolute atomic E-state index is 9.48. The summed E-state index contributed by atoms with van der Waals surface area (Å²) < 4.78 is 3.29. The van der Waals surface area contributed by atoms with Gasteiger partial charge in [-0.05, 0) is 60.6 Å². The van der Waals surface area contributed by atoms with Crippen molar-refractivity contribution < 1.29 is 5.11 Å². The van der Waals surface area contributed by atoms with Crippen molar-refractivity contribution in [3.05, 3.63) is 39.7 Å². The number of anilines is 2. The Kier molecular flexibility index (Phi) is 5.68. The molecule has 0 bridgehead atoms. The van der Waals surface area contributed by atoms with E-state index in [9.17, 15) is 5.11 Å². The van der Waals surface area contributed by atoms with E-state index in [0.717, 1.165) is 36.5 Å². The number of aliphatic hydroxyl groups is 1. The minimum absolute atomic E-state index is 0.209. The monoisotopic (exact) mass is 492 g/mol. The van der Waals surface area contributed by atoms with Crippen LogP contribution in [0.25, 0.3) is 11.2 Å². The summed E-state index contributed by atoms with van der Waals surface area (Å²) >= 11 is 2.32. The van der Waals surface area contributed by atoms with Crippen LogP contribution in [0.3, 0.4) is 0 Å². The molecule has 0 spiro atoms. The molecule has 1 aromatic carbocycles. The summed E-state index contributed by atoms with van der Waals surface area (Å²) in [7, 11) is 0. The number of benzene rings is 1. The summed E-state index contributed by atoms with van der Waals surface area (Å²) in [5.74, 6) is 1.75. The van der Waals surface area contributed by atoms with E-state index in [1.54, 1.807) is 0 Å². The second-order valence-electron chi connectivity index (χ2n) is 7.56. The van der Waals surface area contributed by atoms with Crippen LogP contribution in [0.1, 0.15) is 31.9 Å². The van der Waals surface area contributed by atoms with Gasteiger partial charge in [-0.2, -0.15) is 9.97 Å². The first-order valence-corrected chi connectivity index (χ1v) is 10.7. The molecule has 8 heteroatoms. The molecule has 148 valence electrons. The van der Waals surface area contributed by atoms with Crippen molar-refractivity contribution in [3.63, 3.8) is 0 Å². The molecule has 2 N–H and O–H groups in total. The molecule has 3 aromatic rings. The van der Waals surface area contributed by atoms with Crippen LogP contribution >= 0.6 is 22.6 Å². The molecule has 0 aliphatic carbocycles. The third-order valence-electron chi connectivity index (χ3n) is 5.14. The molecule has 0 radical (unpaired) electrons. The Hall–Kier alpha value is -1.94. The third-order valence-corrected chi connectivity index (χ3v) is 5.81. The predicted molar refractivity (Wildman–Crippen MR) is 120 cm³/mol. The second kappa shape index (κ2) is 8.20. The number of aromatic nitrogens is 4. The Morgan fingerprint density at radius 2 is 2.18 bits per heavy atom. The highest BCUT2D eigenvalue weighted by Crippen LogP contribution is 2.28. The van der Waals surface area contributed by atoms with Crippen LogP contribution in [-0.2, 0) is 6.54 Å². The molecule has 0 unspecified atom stereocenters. The van der Waals surface area contributed by atoms with Gasteiger partial charge in [-0.1, -0.05) is 12.1 Å². The highest BCUT2D eigenvalue weighted by Gasteiger charge is 2.25. The van der Waals surface area contributed by atoms with Gasteiger partial charge in [0.1, 0.15) is 0 Å². The quantitative estimate of drug-likeness (QED) is 0.514. The molecule has 4 rings (SSSR count). The number of aliphatic hydroxyl groups excluding tert-OH is 1. The number of rotatable bonds is 6. The number of fused-ring (bicyclic) bond motifs is 1. The Labute approximate surface area is 178 Å². The third kappa shape index (κ3) is 3.93. The molecule has 1 saturated heterocycles. The number of hydrogen-bond acceptors (Lipinski definition) is 6. The summed E-state index contributed by atoms with van der Waals surface area (Å²) in [6.07, 6.45) is 2.80. The SMILES string of the molecule is CC(C)n1cnc2c(NCc3cccc(I)c3)nc(N3CC[C@@H](CO)C3)nc21. The maximum Gasteiger partial charge on any atom is 0.229 e. The second-order valence-corrected chi connectivity index (χ2v) is 8.80. The smallest absolute Gasteiger partial charge is 0.229 e. The number of nitrogens with zero attached hydrogens (tertiary/aromatic N) is 5. The van der Waals surface area contributed by atoms with Gasteiger partial charge in [-0.3, -0.25) is 0 Å². The van der Waals surface area contributed by atoms with Crippen LogP contribution in [0.5, 0.6) is 0 Å². The van der Waals surface area contributed by atoms with Crippen LogP contribution in [-0.4, -0.2) is 44.3 Å². The fourth-order valence-corrected chi connectivity index (χ4v) is 4.15. The van der Waals surface area contributed by atoms with Crippen molar-refractivity contribution in [1.82, 2.24) is 19.5 Å². The van der Waals surface area contributed by atoms with E-state index in [-0.39, 0.29) is 18.6 Å². The summed E-state index contributed by atoms with van der Waals surface area (Å²) in [5.41, 5.74) is 2.84. The lowest BCUT2D eigenvalue weighted by Gasteiger charge is -2.18. The maximum atomic E-state index is 9.48. The number of halogens is 1. The van der Waals surface area contributed by atoms with Gasteiger partial charge < -0.3 is 19.9 Å². The normalized spacial score (nSPS) is 17.0. The highest BCUT2D eigenvalue weighted by atomic mass is 127. The van der Waals surface area contributed by atoms with Crippen molar-refractivity contribution in [1.29, 1.82) is 0 Å². The molecular formula is C20H25IN6O.